The zero-order valence-corrected chi connectivity index (χ0v) is 11.7. The van der Waals surface area contributed by atoms with Crippen molar-refractivity contribution in [2.75, 3.05) is 20.2 Å². The molecule has 1 aliphatic heterocycles. The maximum Gasteiger partial charge on any atom is 0.316 e. The van der Waals surface area contributed by atoms with Gasteiger partial charge in [0.05, 0.1) is 24.1 Å². The Morgan fingerprint density at radius 2 is 2.35 bits per heavy atom. The number of hydrogen-bond donors (Lipinski definition) is 1. The van der Waals surface area contributed by atoms with Gasteiger partial charge in [0, 0.05) is 24.7 Å². The summed E-state index contributed by atoms with van der Waals surface area (Å²) in [5.74, 6) is 1.06. The highest BCUT2D eigenvalue weighted by molar-refractivity contribution is 5.60. The van der Waals surface area contributed by atoms with Crippen molar-refractivity contribution in [1.29, 1.82) is 0 Å². The molecule has 0 aromatic carbocycles. The van der Waals surface area contributed by atoms with E-state index >= 15 is 0 Å². The van der Waals surface area contributed by atoms with E-state index in [4.69, 9.17) is 9.26 Å². The Morgan fingerprint density at radius 3 is 3.00 bits per heavy atom. The van der Waals surface area contributed by atoms with E-state index in [1.807, 2.05) is 13.0 Å². The summed E-state index contributed by atoms with van der Waals surface area (Å²) >= 11 is 0. The smallest absolute Gasteiger partial charge is 0.316 e. The van der Waals surface area contributed by atoms with E-state index < -0.39 is 0 Å². The van der Waals surface area contributed by atoms with Crippen molar-refractivity contribution in [2.45, 2.75) is 25.7 Å². The van der Waals surface area contributed by atoms with Gasteiger partial charge in [-0.2, -0.15) is 4.98 Å². The Bertz CT molecular complexity index is 591. The lowest BCUT2D eigenvalue weighted by Crippen LogP contribution is -2.29. The summed E-state index contributed by atoms with van der Waals surface area (Å²) < 4.78 is 10.5. The van der Waals surface area contributed by atoms with Crippen LogP contribution in [0.5, 0.6) is 6.01 Å². The summed E-state index contributed by atoms with van der Waals surface area (Å²) in [5.41, 5.74) is 2.73. The van der Waals surface area contributed by atoms with Crippen molar-refractivity contribution in [3.05, 3.63) is 23.7 Å². The first kappa shape index (κ1) is 13.1. The van der Waals surface area contributed by atoms with E-state index in [-0.39, 0.29) is 0 Å². The first-order chi connectivity index (χ1) is 9.78. The topological polar surface area (TPSA) is 73.1 Å². The second kappa shape index (κ2) is 5.58. The predicted molar refractivity (Wildman–Crippen MR) is 73.7 cm³/mol. The van der Waals surface area contributed by atoms with E-state index in [9.17, 15) is 0 Å². The Hall–Kier alpha value is -1.95. The third-order valence-electron chi connectivity index (χ3n) is 3.56. The molecule has 2 aromatic rings. The van der Waals surface area contributed by atoms with Crippen LogP contribution in [0.25, 0.3) is 11.3 Å². The number of rotatable bonds is 3. The van der Waals surface area contributed by atoms with Gasteiger partial charge in [-0.05, 0) is 26.3 Å². The van der Waals surface area contributed by atoms with Crippen LogP contribution in [0.15, 0.2) is 16.8 Å². The lowest BCUT2D eigenvalue weighted by Gasteiger charge is -2.23. The lowest BCUT2D eigenvalue weighted by atomic mass is 9.92. The summed E-state index contributed by atoms with van der Waals surface area (Å²) in [6.45, 7) is 3.88. The van der Waals surface area contributed by atoms with E-state index in [1.165, 1.54) is 0 Å². The van der Waals surface area contributed by atoms with Crippen molar-refractivity contribution in [1.82, 2.24) is 20.4 Å². The summed E-state index contributed by atoms with van der Waals surface area (Å²) in [4.78, 5) is 8.74. The molecule has 1 N–H and O–H groups in total. The molecule has 0 spiro atoms. The van der Waals surface area contributed by atoms with Crippen LogP contribution in [0, 0.1) is 6.92 Å². The molecule has 1 aliphatic rings. The third kappa shape index (κ3) is 2.51. The fourth-order valence-corrected chi connectivity index (χ4v) is 2.55. The average molecular weight is 274 g/mol. The molecule has 1 saturated heterocycles. The van der Waals surface area contributed by atoms with Gasteiger partial charge in [0.25, 0.3) is 0 Å². The SMILES string of the molecule is COc1ncc(-c2cc(C)no2)c(C2CCCNC2)n1. The number of aromatic nitrogens is 3. The quantitative estimate of drug-likeness (QED) is 0.921. The van der Waals surface area contributed by atoms with Gasteiger partial charge in [-0.1, -0.05) is 5.16 Å². The van der Waals surface area contributed by atoms with Crippen molar-refractivity contribution < 1.29 is 9.26 Å². The van der Waals surface area contributed by atoms with E-state index in [2.05, 4.69) is 20.4 Å². The Labute approximate surface area is 117 Å². The molecule has 0 amide bonds. The molecule has 6 nitrogen and oxygen atoms in total. The number of aryl methyl sites for hydroxylation is 1. The molecule has 1 unspecified atom stereocenters. The first-order valence-corrected chi connectivity index (χ1v) is 6.83. The minimum absolute atomic E-state index is 0.348. The normalized spacial score (nSPS) is 19.0. The highest BCUT2D eigenvalue weighted by atomic mass is 16.5. The highest BCUT2D eigenvalue weighted by Crippen LogP contribution is 2.32. The molecule has 3 rings (SSSR count). The first-order valence-electron chi connectivity index (χ1n) is 6.83. The zero-order chi connectivity index (χ0) is 13.9. The molecule has 1 atom stereocenters. The fourth-order valence-electron chi connectivity index (χ4n) is 2.55. The minimum Gasteiger partial charge on any atom is -0.467 e. The average Bonchev–Trinajstić information content (AvgIpc) is 2.94. The van der Waals surface area contributed by atoms with Crippen LogP contribution < -0.4 is 10.1 Å². The molecular formula is C14H18N4O2. The second-order valence-corrected chi connectivity index (χ2v) is 5.03. The van der Waals surface area contributed by atoms with Gasteiger partial charge in [0.2, 0.25) is 0 Å². The second-order valence-electron chi connectivity index (χ2n) is 5.03. The monoisotopic (exact) mass is 274 g/mol. The molecule has 2 aromatic heterocycles. The number of nitrogens with one attached hydrogen (secondary N) is 1. The molecule has 0 bridgehead atoms. The van der Waals surface area contributed by atoms with Gasteiger partial charge in [-0.3, -0.25) is 0 Å². The lowest BCUT2D eigenvalue weighted by molar-refractivity contribution is 0.372. The Balaban J connectivity index is 2.03. The predicted octanol–water partition coefficient (Wildman–Crippen LogP) is 1.92. The van der Waals surface area contributed by atoms with Gasteiger partial charge in [0.1, 0.15) is 0 Å². The molecule has 1 fully saturated rings. The number of methoxy groups -OCH3 is 1. The zero-order valence-electron chi connectivity index (χ0n) is 11.7. The molecule has 20 heavy (non-hydrogen) atoms. The summed E-state index contributed by atoms with van der Waals surface area (Å²) in [5, 5.41) is 7.35. The number of hydrogen-bond acceptors (Lipinski definition) is 6. The molecule has 0 saturated carbocycles. The maximum absolute atomic E-state index is 5.36. The highest BCUT2D eigenvalue weighted by Gasteiger charge is 2.23. The van der Waals surface area contributed by atoms with Gasteiger partial charge >= 0.3 is 6.01 Å². The molecule has 3 heterocycles. The largest absolute Gasteiger partial charge is 0.467 e. The van der Waals surface area contributed by atoms with Gasteiger partial charge < -0.3 is 14.6 Å². The van der Waals surface area contributed by atoms with Gasteiger partial charge in [-0.25, -0.2) is 4.98 Å². The molecular weight excluding hydrogens is 256 g/mol. The van der Waals surface area contributed by atoms with E-state index in [1.54, 1.807) is 13.3 Å². The number of piperidine rings is 1. The summed E-state index contributed by atoms with van der Waals surface area (Å²) in [7, 11) is 1.58. The van der Waals surface area contributed by atoms with Crippen LogP contribution in [-0.4, -0.2) is 35.3 Å². The van der Waals surface area contributed by atoms with Gasteiger partial charge in [-0.15, -0.1) is 0 Å². The minimum atomic E-state index is 0.348. The number of ether oxygens (including phenoxy) is 1. The fraction of sp³-hybridized carbons (Fsp3) is 0.500. The van der Waals surface area contributed by atoms with Crippen molar-refractivity contribution >= 4 is 0 Å². The third-order valence-corrected chi connectivity index (χ3v) is 3.56. The van der Waals surface area contributed by atoms with Crippen LogP contribution in [-0.2, 0) is 0 Å². The number of nitrogens with zero attached hydrogens (tertiary/aromatic N) is 3. The Morgan fingerprint density at radius 1 is 1.45 bits per heavy atom. The standard InChI is InChI=1S/C14H18N4O2/c1-9-6-12(20-18-9)11-8-16-14(19-2)17-13(11)10-4-3-5-15-7-10/h6,8,10,15H,3-5,7H2,1-2H3. The van der Waals surface area contributed by atoms with Crippen LogP contribution in [0.2, 0.25) is 0 Å². The Kier molecular flexibility index (Phi) is 3.64. The van der Waals surface area contributed by atoms with Gasteiger partial charge in [0.15, 0.2) is 5.76 Å². The van der Waals surface area contributed by atoms with Crippen LogP contribution in [0.3, 0.4) is 0 Å². The van der Waals surface area contributed by atoms with Crippen molar-refractivity contribution in [3.8, 4) is 17.3 Å². The molecule has 6 heteroatoms. The van der Waals surface area contributed by atoms with Crippen LogP contribution >= 0.6 is 0 Å². The van der Waals surface area contributed by atoms with Crippen molar-refractivity contribution in [2.24, 2.45) is 0 Å². The van der Waals surface area contributed by atoms with E-state index in [0.29, 0.717) is 17.7 Å². The molecule has 0 aliphatic carbocycles. The van der Waals surface area contributed by atoms with Crippen molar-refractivity contribution in [3.63, 3.8) is 0 Å². The summed E-state index contributed by atoms with van der Waals surface area (Å²) in [6, 6.07) is 2.30. The van der Waals surface area contributed by atoms with E-state index in [0.717, 1.165) is 42.9 Å². The maximum atomic E-state index is 5.36. The molecule has 106 valence electrons. The van der Waals surface area contributed by atoms with Crippen LogP contribution in [0.4, 0.5) is 0 Å². The molecule has 0 radical (unpaired) electrons. The van der Waals surface area contributed by atoms with Crippen LogP contribution in [0.1, 0.15) is 30.1 Å². The summed E-state index contributed by atoms with van der Waals surface area (Å²) in [6.07, 6.45) is 4.01.